The van der Waals surface area contributed by atoms with Gasteiger partial charge < -0.3 is 15.2 Å². The standard InChI is InChI=1S/C14H17NO3/c1-2-3-6-10(9-16)14(18)11-7-4-5-8-12(11)15-13(14)17/h4-5,7-10,18H,2-3,6H2,1H3,(H,15,17)/t10?,14-/m1/s1. The Morgan fingerprint density at radius 3 is 2.83 bits per heavy atom. The lowest BCUT2D eigenvalue weighted by Crippen LogP contribution is -2.42. The first-order valence-electron chi connectivity index (χ1n) is 6.23. The molecule has 1 aliphatic rings. The van der Waals surface area contributed by atoms with Gasteiger partial charge in [0.1, 0.15) is 6.29 Å². The molecule has 1 amide bonds. The summed E-state index contributed by atoms with van der Waals surface area (Å²) < 4.78 is 0. The van der Waals surface area contributed by atoms with Gasteiger partial charge in [0, 0.05) is 11.3 Å². The van der Waals surface area contributed by atoms with Crippen LogP contribution in [0.25, 0.3) is 0 Å². The van der Waals surface area contributed by atoms with Crippen LogP contribution in [0.3, 0.4) is 0 Å². The number of hydrogen-bond donors (Lipinski definition) is 2. The molecule has 1 aromatic carbocycles. The van der Waals surface area contributed by atoms with Crippen LogP contribution < -0.4 is 5.32 Å². The lowest BCUT2D eigenvalue weighted by molar-refractivity contribution is -0.144. The van der Waals surface area contributed by atoms with Crippen molar-refractivity contribution >= 4 is 17.9 Å². The first-order valence-corrected chi connectivity index (χ1v) is 6.23. The van der Waals surface area contributed by atoms with Crippen molar-refractivity contribution in [2.24, 2.45) is 5.92 Å². The largest absolute Gasteiger partial charge is 0.375 e. The average molecular weight is 247 g/mol. The Balaban J connectivity index is 2.39. The molecule has 2 atom stereocenters. The molecule has 2 rings (SSSR count). The summed E-state index contributed by atoms with van der Waals surface area (Å²) >= 11 is 0. The first-order chi connectivity index (χ1) is 8.64. The zero-order valence-corrected chi connectivity index (χ0v) is 10.3. The maximum Gasteiger partial charge on any atom is 0.261 e. The number of fused-ring (bicyclic) bond motifs is 1. The first kappa shape index (κ1) is 12.8. The van der Waals surface area contributed by atoms with Crippen molar-refractivity contribution in [3.05, 3.63) is 29.8 Å². The van der Waals surface area contributed by atoms with Crippen molar-refractivity contribution < 1.29 is 14.7 Å². The molecule has 0 spiro atoms. The molecule has 18 heavy (non-hydrogen) atoms. The number of carbonyl (C=O) groups is 2. The second-order valence-corrected chi connectivity index (χ2v) is 4.65. The number of amides is 1. The highest BCUT2D eigenvalue weighted by Gasteiger charge is 2.50. The summed E-state index contributed by atoms with van der Waals surface area (Å²) in [6.45, 7) is 2.01. The van der Waals surface area contributed by atoms with Gasteiger partial charge in [-0.1, -0.05) is 38.0 Å². The van der Waals surface area contributed by atoms with E-state index >= 15 is 0 Å². The highest BCUT2D eigenvalue weighted by atomic mass is 16.3. The van der Waals surface area contributed by atoms with Crippen LogP contribution in [-0.4, -0.2) is 17.3 Å². The number of anilines is 1. The number of hydrogen-bond acceptors (Lipinski definition) is 3. The Morgan fingerprint density at radius 2 is 2.17 bits per heavy atom. The molecule has 4 nitrogen and oxygen atoms in total. The fraction of sp³-hybridized carbons (Fsp3) is 0.429. The molecule has 1 heterocycles. The van der Waals surface area contributed by atoms with Crippen LogP contribution in [0.4, 0.5) is 5.69 Å². The van der Waals surface area contributed by atoms with Crippen LogP contribution in [0.1, 0.15) is 31.7 Å². The highest BCUT2D eigenvalue weighted by Crippen LogP contribution is 2.41. The number of nitrogens with one attached hydrogen (secondary N) is 1. The lowest BCUT2D eigenvalue weighted by Gasteiger charge is -2.27. The fourth-order valence-corrected chi connectivity index (χ4v) is 2.43. The third kappa shape index (κ3) is 1.82. The third-order valence-corrected chi connectivity index (χ3v) is 3.50. The third-order valence-electron chi connectivity index (χ3n) is 3.50. The van der Waals surface area contributed by atoms with Crippen LogP contribution in [0.2, 0.25) is 0 Å². The summed E-state index contributed by atoms with van der Waals surface area (Å²) in [5.41, 5.74) is -0.621. The van der Waals surface area contributed by atoms with E-state index in [4.69, 9.17) is 0 Å². The predicted molar refractivity (Wildman–Crippen MR) is 68.0 cm³/mol. The fourth-order valence-electron chi connectivity index (χ4n) is 2.43. The zero-order chi connectivity index (χ0) is 13.2. The van der Waals surface area contributed by atoms with Gasteiger partial charge in [-0.3, -0.25) is 4.79 Å². The van der Waals surface area contributed by atoms with Crippen molar-refractivity contribution in [3.8, 4) is 0 Å². The van der Waals surface area contributed by atoms with Crippen LogP contribution in [-0.2, 0) is 15.2 Å². The molecule has 0 fully saturated rings. The van der Waals surface area contributed by atoms with Crippen molar-refractivity contribution in [2.45, 2.75) is 31.8 Å². The minimum atomic E-state index is -1.71. The molecule has 1 aromatic rings. The lowest BCUT2D eigenvalue weighted by atomic mass is 9.80. The van der Waals surface area contributed by atoms with Gasteiger partial charge in [-0.2, -0.15) is 0 Å². The van der Waals surface area contributed by atoms with Gasteiger partial charge in [-0.05, 0) is 12.5 Å². The quantitative estimate of drug-likeness (QED) is 0.780. The van der Waals surface area contributed by atoms with Gasteiger partial charge in [-0.15, -0.1) is 0 Å². The van der Waals surface area contributed by atoms with Crippen molar-refractivity contribution in [2.75, 3.05) is 5.32 Å². The monoisotopic (exact) mass is 247 g/mol. The second kappa shape index (κ2) is 4.90. The van der Waals surface area contributed by atoms with E-state index in [0.29, 0.717) is 24.0 Å². The topological polar surface area (TPSA) is 66.4 Å². The SMILES string of the molecule is CCCCC(C=O)[C@]1(O)C(=O)Nc2ccccc21. The van der Waals surface area contributed by atoms with Crippen LogP contribution in [0, 0.1) is 5.92 Å². The summed E-state index contributed by atoms with van der Waals surface area (Å²) in [6, 6.07) is 6.96. The maximum atomic E-state index is 12.0. The van der Waals surface area contributed by atoms with Crippen LogP contribution in [0.5, 0.6) is 0 Å². The molecule has 1 unspecified atom stereocenters. The molecule has 0 aliphatic carbocycles. The van der Waals surface area contributed by atoms with Gasteiger partial charge in [0.15, 0.2) is 5.60 Å². The minimum absolute atomic E-state index is 0.503. The Kier molecular flexibility index (Phi) is 3.48. The predicted octanol–water partition coefficient (Wildman–Crippen LogP) is 1.83. The molecule has 0 aromatic heterocycles. The van der Waals surface area contributed by atoms with E-state index in [-0.39, 0.29) is 0 Å². The van der Waals surface area contributed by atoms with E-state index < -0.39 is 17.4 Å². The number of aliphatic hydroxyl groups is 1. The average Bonchev–Trinajstić information content (AvgIpc) is 2.64. The Morgan fingerprint density at radius 1 is 1.44 bits per heavy atom. The van der Waals surface area contributed by atoms with Gasteiger partial charge in [0.2, 0.25) is 0 Å². The molecule has 1 aliphatic heterocycles. The number of unbranched alkanes of at least 4 members (excludes halogenated alkanes) is 1. The number of rotatable bonds is 5. The molecule has 4 heteroatoms. The van der Waals surface area contributed by atoms with Crippen LogP contribution in [0.15, 0.2) is 24.3 Å². The number of benzene rings is 1. The van der Waals surface area contributed by atoms with Gasteiger partial charge in [0.25, 0.3) is 5.91 Å². The molecule has 0 bridgehead atoms. The van der Waals surface area contributed by atoms with Crippen molar-refractivity contribution in [1.29, 1.82) is 0 Å². The van der Waals surface area contributed by atoms with E-state index in [9.17, 15) is 14.7 Å². The van der Waals surface area contributed by atoms with E-state index in [1.54, 1.807) is 24.3 Å². The second-order valence-electron chi connectivity index (χ2n) is 4.65. The molecule has 2 N–H and O–H groups in total. The molecule has 0 radical (unpaired) electrons. The molecule has 0 saturated carbocycles. The summed E-state index contributed by atoms with van der Waals surface area (Å²) in [7, 11) is 0. The number of aldehydes is 1. The Hall–Kier alpha value is -1.68. The normalized spacial score (nSPS) is 23.3. The van der Waals surface area contributed by atoms with Gasteiger partial charge in [-0.25, -0.2) is 0 Å². The summed E-state index contributed by atoms with van der Waals surface area (Å²) in [5, 5.41) is 13.3. The Labute approximate surface area is 106 Å². The number of carbonyl (C=O) groups excluding carboxylic acids is 2. The van der Waals surface area contributed by atoms with Crippen LogP contribution >= 0.6 is 0 Å². The van der Waals surface area contributed by atoms with Gasteiger partial charge >= 0.3 is 0 Å². The maximum absolute atomic E-state index is 12.0. The van der Waals surface area contributed by atoms with E-state index in [1.807, 2.05) is 6.92 Å². The minimum Gasteiger partial charge on any atom is -0.375 e. The summed E-state index contributed by atoms with van der Waals surface area (Å²) in [5.74, 6) is -1.20. The molecule has 0 saturated heterocycles. The van der Waals surface area contributed by atoms with Crippen molar-refractivity contribution in [3.63, 3.8) is 0 Å². The summed E-state index contributed by atoms with van der Waals surface area (Å²) in [4.78, 5) is 23.2. The summed E-state index contributed by atoms with van der Waals surface area (Å²) in [6.07, 6.45) is 2.93. The molecule has 96 valence electrons. The number of para-hydroxylation sites is 1. The van der Waals surface area contributed by atoms with E-state index in [0.717, 1.165) is 12.8 Å². The van der Waals surface area contributed by atoms with Gasteiger partial charge in [0.05, 0.1) is 5.92 Å². The Bertz CT molecular complexity index is 472. The van der Waals surface area contributed by atoms with E-state index in [2.05, 4.69) is 5.32 Å². The highest BCUT2D eigenvalue weighted by molar-refractivity contribution is 6.06. The molecular formula is C14H17NO3. The van der Waals surface area contributed by atoms with E-state index in [1.165, 1.54) is 0 Å². The smallest absolute Gasteiger partial charge is 0.261 e. The van der Waals surface area contributed by atoms with Crippen molar-refractivity contribution in [1.82, 2.24) is 0 Å². The zero-order valence-electron chi connectivity index (χ0n) is 10.3. The molecular weight excluding hydrogens is 230 g/mol.